The molecule has 0 aromatic carbocycles. The number of amides is 1. The molecule has 0 radical (unpaired) electrons. The molecular formula is C10H12N4O. The van der Waals surface area contributed by atoms with Gasteiger partial charge in [-0.1, -0.05) is 0 Å². The predicted octanol–water partition coefficient (Wildman–Crippen LogP) is 0.629. The van der Waals surface area contributed by atoms with Crippen LogP contribution in [0.2, 0.25) is 0 Å². The van der Waals surface area contributed by atoms with E-state index in [1.54, 1.807) is 26.0 Å². The Kier molecular flexibility index (Phi) is 2.90. The zero-order chi connectivity index (χ0) is 11.5. The van der Waals surface area contributed by atoms with Gasteiger partial charge in [0, 0.05) is 6.20 Å². The lowest BCUT2D eigenvalue weighted by Gasteiger charge is -2.23. The van der Waals surface area contributed by atoms with Gasteiger partial charge in [0.1, 0.15) is 11.6 Å². The van der Waals surface area contributed by atoms with Gasteiger partial charge >= 0.3 is 0 Å². The molecule has 0 unspecified atom stereocenters. The third-order valence-electron chi connectivity index (χ3n) is 1.98. The van der Waals surface area contributed by atoms with Crippen molar-refractivity contribution >= 4 is 11.6 Å². The third-order valence-corrected chi connectivity index (χ3v) is 1.98. The van der Waals surface area contributed by atoms with Gasteiger partial charge in [-0.25, -0.2) is 4.98 Å². The monoisotopic (exact) mass is 204 g/mol. The van der Waals surface area contributed by atoms with Crippen LogP contribution in [-0.4, -0.2) is 16.4 Å². The van der Waals surface area contributed by atoms with Crippen LogP contribution in [0, 0.1) is 11.3 Å². The zero-order valence-corrected chi connectivity index (χ0v) is 8.61. The molecule has 0 saturated heterocycles. The van der Waals surface area contributed by atoms with Crippen LogP contribution in [0.15, 0.2) is 18.3 Å². The van der Waals surface area contributed by atoms with Crippen LogP contribution in [0.4, 0.5) is 5.69 Å². The number of nitriles is 1. The van der Waals surface area contributed by atoms with Crippen LogP contribution in [0.25, 0.3) is 0 Å². The lowest BCUT2D eigenvalue weighted by molar-refractivity contribution is -0.121. The van der Waals surface area contributed by atoms with Gasteiger partial charge in [0.05, 0.1) is 5.69 Å². The molecule has 0 spiro atoms. The van der Waals surface area contributed by atoms with Crippen molar-refractivity contribution < 1.29 is 4.79 Å². The topological polar surface area (TPSA) is 91.8 Å². The molecule has 1 aromatic heterocycles. The van der Waals surface area contributed by atoms with E-state index in [9.17, 15) is 4.79 Å². The highest BCUT2D eigenvalue weighted by Gasteiger charge is 2.25. The normalized spacial score (nSPS) is 10.5. The van der Waals surface area contributed by atoms with E-state index in [2.05, 4.69) is 10.3 Å². The Bertz CT molecular complexity index is 420. The summed E-state index contributed by atoms with van der Waals surface area (Å²) in [6.07, 6.45) is 1.51. The lowest BCUT2D eigenvalue weighted by atomic mass is 10.0. The van der Waals surface area contributed by atoms with Crippen molar-refractivity contribution in [2.75, 3.05) is 5.32 Å². The second kappa shape index (κ2) is 3.96. The Morgan fingerprint density at radius 2 is 2.33 bits per heavy atom. The predicted molar refractivity (Wildman–Crippen MR) is 55.8 cm³/mol. The summed E-state index contributed by atoms with van der Waals surface area (Å²) >= 11 is 0. The van der Waals surface area contributed by atoms with E-state index < -0.39 is 11.4 Å². The number of pyridine rings is 1. The molecule has 0 aliphatic rings. The van der Waals surface area contributed by atoms with Crippen LogP contribution < -0.4 is 11.1 Å². The number of carbonyl (C=O) groups excluding carboxylic acids is 1. The van der Waals surface area contributed by atoms with Crippen LogP contribution in [0.3, 0.4) is 0 Å². The zero-order valence-electron chi connectivity index (χ0n) is 8.61. The number of primary amides is 1. The fourth-order valence-electron chi connectivity index (χ4n) is 0.994. The number of hydrogen-bond acceptors (Lipinski definition) is 4. The van der Waals surface area contributed by atoms with Gasteiger partial charge in [0.25, 0.3) is 0 Å². The summed E-state index contributed by atoms with van der Waals surface area (Å²) in [7, 11) is 0. The van der Waals surface area contributed by atoms with E-state index in [0.29, 0.717) is 5.69 Å². The smallest absolute Gasteiger partial charge is 0.242 e. The second-order valence-electron chi connectivity index (χ2n) is 3.63. The summed E-state index contributed by atoms with van der Waals surface area (Å²) < 4.78 is 0. The van der Waals surface area contributed by atoms with Gasteiger partial charge in [0.2, 0.25) is 5.91 Å². The molecule has 0 saturated carbocycles. The van der Waals surface area contributed by atoms with Gasteiger partial charge in [-0.15, -0.1) is 0 Å². The highest BCUT2D eigenvalue weighted by molar-refractivity contribution is 5.87. The minimum atomic E-state index is -0.908. The maximum Gasteiger partial charge on any atom is 0.242 e. The molecule has 1 heterocycles. The Morgan fingerprint density at radius 3 is 2.87 bits per heavy atom. The van der Waals surface area contributed by atoms with E-state index in [1.165, 1.54) is 6.20 Å². The number of anilines is 1. The molecule has 0 aliphatic heterocycles. The number of hydrogen-bond donors (Lipinski definition) is 2. The molecule has 0 fully saturated rings. The molecule has 0 aliphatic carbocycles. The highest BCUT2D eigenvalue weighted by Crippen LogP contribution is 2.16. The van der Waals surface area contributed by atoms with Crippen LogP contribution in [0.5, 0.6) is 0 Å². The maximum absolute atomic E-state index is 11.1. The van der Waals surface area contributed by atoms with Gasteiger partial charge < -0.3 is 11.1 Å². The van der Waals surface area contributed by atoms with Gasteiger partial charge in [-0.05, 0) is 26.0 Å². The minimum Gasteiger partial charge on any atom is -0.369 e. The number of aromatic nitrogens is 1. The number of rotatable bonds is 3. The lowest BCUT2D eigenvalue weighted by Crippen LogP contribution is -2.45. The standard InChI is InChI=1S/C10H12N4O/c1-10(2,9(12)15)14-7-4-3-5-13-8(7)6-11/h3-5,14H,1-2H3,(H2,12,15). The fourth-order valence-corrected chi connectivity index (χ4v) is 0.994. The first-order valence-corrected chi connectivity index (χ1v) is 4.40. The SMILES string of the molecule is CC(C)(Nc1cccnc1C#N)C(N)=O. The molecule has 1 amide bonds. The number of nitrogens with one attached hydrogen (secondary N) is 1. The highest BCUT2D eigenvalue weighted by atomic mass is 16.1. The maximum atomic E-state index is 11.1. The van der Waals surface area contributed by atoms with E-state index in [4.69, 9.17) is 11.0 Å². The minimum absolute atomic E-state index is 0.242. The van der Waals surface area contributed by atoms with Crippen molar-refractivity contribution in [3.63, 3.8) is 0 Å². The summed E-state index contributed by atoms with van der Waals surface area (Å²) in [5.41, 5.74) is 5.04. The van der Waals surface area contributed by atoms with Gasteiger partial charge in [0.15, 0.2) is 5.69 Å². The Hall–Kier alpha value is -2.09. The summed E-state index contributed by atoms with van der Waals surface area (Å²) in [6.45, 7) is 3.28. The molecule has 5 heteroatoms. The average Bonchev–Trinajstić information content (AvgIpc) is 2.18. The fraction of sp³-hybridized carbons (Fsp3) is 0.300. The molecule has 3 N–H and O–H groups in total. The molecule has 0 atom stereocenters. The first kappa shape index (κ1) is 11.0. The summed E-state index contributed by atoms with van der Waals surface area (Å²) in [4.78, 5) is 14.9. The molecule has 78 valence electrons. The molecule has 5 nitrogen and oxygen atoms in total. The van der Waals surface area contributed by atoms with Crippen molar-refractivity contribution in [3.05, 3.63) is 24.0 Å². The number of nitrogens with zero attached hydrogens (tertiary/aromatic N) is 2. The van der Waals surface area contributed by atoms with Crippen molar-refractivity contribution in [1.82, 2.24) is 4.98 Å². The van der Waals surface area contributed by atoms with Gasteiger partial charge in [-0.2, -0.15) is 5.26 Å². The van der Waals surface area contributed by atoms with Gasteiger partial charge in [-0.3, -0.25) is 4.79 Å². The van der Waals surface area contributed by atoms with Crippen molar-refractivity contribution in [2.24, 2.45) is 5.73 Å². The Balaban J connectivity index is 3.00. The van der Waals surface area contributed by atoms with Crippen molar-refractivity contribution in [3.8, 4) is 6.07 Å². The molecule has 0 bridgehead atoms. The first-order valence-electron chi connectivity index (χ1n) is 4.40. The molecule has 15 heavy (non-hydrogen) atoms. The van der Waals surface area contributed by atoms with Crippen molar-refractivity contribution in [1.29, 1.82) is 5.26 Å². The number of nitrogens with two attached hydrogens (primary N) is 1. The van der Waals surface area contributed by atoms with E-state index >= 15 is 0 Å². The Labute approximate surface area is 87.9 Å². The second-order valence-corrected chi connectivity index (χ2v) is 3.63. The molecule has 1 rings (SSSR count). The Morgan fingerprint density at radius 1 is 1.67 bits per heavy atom. The van der Waals surface area contributed by atoms with Crippen molar-refractivity contribution in [2.45, 2.75) is 19.4 Å². The van der Waals surface area contributed by atoms with E-state index in [0.717, 1.165) is 0 Å². The van der Waals surface area contributed by atoms with Crippen LogP contribution in [-0.2, 0) is 4.79 Å². The van der Waals surface area contributed by atoms with E-state index in [-0.39, 0.29) is 5.69 Å². The van der Waals surface area contributed by atoms with Crippen LogP contribution >= 0.6 is 0 Å². The molecule has 1 aromatic rings. The molecular weight excluding hydrogens is 192 g/mol. The summed E-state index contributed by atoms with van der Waals surface area (Å²) in [6, 6.07) is 5.29. The van der Waals surface area contributed by atoms with Crippen LogP contribution in [0.1, 0.15) is 19.5 Å². The largest absolute Gasteiger partial charge is 0.369 e. The summed E-state index contributed by atoms with van der Waals surface area (Å²) in [5.74, 6) is -0.491. The number of carbonyl (C=O) groups is 1. The third kappa shape index (κ3) is 2.44. The summed E-state index contributed by atoms with van der Waals surface area (Å²) in [5, 5.41) is 11.7. The first-order chi connectivity index (χ1) is 6.97. The quantitative estimate of drug-likeness (QED) is 0.755. The van der Waals surface area contributed by atoms with E-state index in [1.807, 2.05) is 6.07 Å². The average molecular weight is 204 g/mol.